The molecule has 0 saturated carbocycles. The Hall–Kier alpha value is -2.68. The van der Waals surface area contributed by atoms with E-state index < -0.39 is 5.82 Å². The number of carbonyl (C=O) groups is 1. The summed E-state index contributed by atoms with van der Waals surface area (Å²) in [6, 6.07) is 19.7. The minimum atomic E-state index is -0.509. The Morgan fingerprint density at radius 1 is 1.12 bits per heavy atom. The molecule has 9 heteroatoms. The number of aromatic nitrogens is 3. The Morgan fingerprint density at radius 2 is 1.91 bits per heavy atom. The molecule has 4 aromatic rings. The number of aryl methyl sites for hydroxylation is 1. The maximum Gasteiger partial charge on any atom is 0.234 e. The molecule has 0 aliphatic rings. The lowest BCUT2D eigenvalue weighted by Gasteiger charge is -2.11. The summed E-state index contributed by atoms with van der Waals surface area (Å²) in [5.41, 5.74) is 2.93. The second-order valence-electron chi connectivity index (χ2n) is 6.95. The number of rotatable bonds is 6. The van der Waals surface area contributed by atoms with Crippen LogP contribution in [0.3, 0.4) is 0 Å². The van der Waals surface area contributed by atoms with E-state index in [-0.39, 0.29) is 17.3 Å². The zero-order chi connectivity index (χ0) is 22.7. The fraction of sp³-hybridized carbons (Fsp3) is 0.0870. The van der Waals surface area contributed by atoms with Gasteiger partial charge in [0.2, 0.25) is 5.91 Å². The molecule has 0 fully saturated rings. The molecular weight excluding hydrogens is 515 g/mol. The summed E-state index contributed by atoms with van der Waals surface area (Å²) in [7, 11) is 0. The largest absolute Gasteiger partial charge is 0.323 e. The van der Waals surface area contributed by atoms with Crippen LogP contribution in [-0.4, -0.2) is 26.4 Å². The van der Waals surface area contributed by atoms with Gasteiger partial charge in [-0.15, -0.1) is 10.2 Å². The third-order valence-corrected chi connectivity index (χ3v) is 6.21. The number of thioether (sulfide) groups is 1. The van der Waals surface area contributed by atoms with E-state index >= 15 is 0 Å². The van der Waals surface area contributed by atoms with Crippen molar-refractivity contribution in [3.63, 3.8) is 0 Å². The van der Waals surface area contributed by atoms with E-state index in [9.17, 15) is 9.18 Å². The molecule has 0 radical (unpaired) electrons. The number of nitrogens with one attached hydrogen (secondary N) is 1. The smallest absolute Gasteiger partial charge is 0.234 e. The van der Waals surface area contributed by atoms with Gasteiger partial charge in [0, 0.05) is 20.7 Å². The second-order valence-corrected chi connectivity index (χ2v) is 9.24. The minimum Gasteiger partial charge on any atom is -0.323 e. The van der Waals surface area contributed by atoms with E-state index in [0.717, 1.165) is 16.8 Å². The summed E-state index contributed by atoms with van der Waals surface area (Å²) in [6.45, 7) is 2.00. The molecule has 3 aromatic carbocycles. The molecule has 1 amide bonds. The number of carbonyl (C=O) groups excluding carboxylic acids is 1. The van der Waals surface area contributed by atoms with Crippen molar-refractivity contribution in [3.05, 3.63) is 87.6 Å². The van der Waals surface area contributed by atoms with Gasteiger partial charge in [0.05, 0.1) is 11.4 Å². The first kappa shape index (κ1) is 22.5. The van der Waals surface area contributed by atoms with Crippen molar-refractivity contribution < 1.29 is 9.18 Å². The molecule has 0 spiro atoms. The topological polar surface area (TPSA) is 59.8 Å². The van der Waals surface area contributed by atoms with Crippen LogP contribution >= 0.6 is 39.3 Å². The van der Waals surface area contributed by atoms with Gasteiger partial charge in [-0.1, -0.05) is 51.4 Å². The molecule has 0 aliphatic carbocycles. The van der Waals surface area contributed by atoms with Crippen LogP contribution in [0, 0.1) is 12.7 Å². The number of hydrogen-bond donors (Lipinski definition) is 1. The lowest BCUT2D eigenvalue weighted by Crippen LogP contribution is -2.15. The molecule has 5 nitrogen and oxygen atoms in total. The van der Waals surface area contributed by atoms with Gasteiger partial charge >= 0.3 is 0 Å². The van der Waals surface area contributed by atoms with Crippen LogP contribution in [0.1, 0.15) is 5.56 Å². The molecule has 4 rings (SSSR count). The van der Waals surface area contributed by atoms with Crippen LogP contribution in [0.2, 0.25) is 5.02 Å². The summed E-state index contributed by atoms with van der Waals surface area (Å²) >= 11 is 10.5. The monoisotopic (exact) mass is 530 g/mol. The quantitative estimate of drug-likeness (QED) is 0.287. The van der Waals surface area contributed by atoms with Gasteiger partial charge in [-0.3, -0.25) is 9.36 Å². The Morgan fingerprint density at radius 3 is 2.62 bits per heavy atom. The number of benzene rings is 3. The predicted octanol–water partition coefficient (Wildman–Crippen LogP) is 6.53. The molecule has 32 heavy (non-hydrogen) atoms. The van der Waals surface area contributed by atoms with Gasteiger partial charge in [-0.2, -0.15) is 0 Å². The number of hydrogen-bond acceptors (Lipinski definition) is 4. The van der Waals surface area contributed by atoms with Crippen molar-refractivity contribution in [2.45, 2.75) is 12.1 Å². The van der Waals surface area contributed by atoms with Crippen LogP contribution in [-0.2, 0) is 4.79 Å². The molecule has 0 aliphatic heterocycles. The molecule has 1 heterocycles. The highest BCUT2D eigenvalue weighted by Crippen LogP contribution is 2.29. The molecule has 0 unspecified atom stereocenters. The van der Waals surface area contributed by atoms with Crippen molar-refractivity contribution in [2.24, 2.45) is 0 Å². The normalized spacial score (nSPS) is 10.9. The molecule has 1 aromatic heterocycles. The van der Waals surface area contributed by atoms with E-state index in [4.69, 9.17) is 11.6 Å². The first-order valence-electron chi connectivity index (χ1n) is 9.57. The highest BCUT2D eigenvalue weighted by molar-refractivity contribution is 9.10. The number of anilines is 1. The molecular formula is C23H17BrClFN4OS. The highest BCUT2D eigenvalue weighted by atomic mass is 79.9. The van der Waals surface area contributed by atoms with Gasteiger partial charge in [0.1, 0.15) is 5.82 Å². The van der Waals surface area contributed by atoms with Crippen molar-refractivity contribution in [2.75, 3.05) is 11.1 Å². The zero-order valence-corrected chi connectivity index (χ0v) is 20.0. The maximum atomic E-state index is 14.0. The molecule has 1 N–H and O–H groups in total. The highest BCUT2D eigenvalue weighted by Gasteiger charge is 2.18. The Bertz CT molecular complexity index is 1280. The average Bonchev–Trinajstić information content (AvgIpc) is 3.19. The predicted molar refractivity (Wildman–Crippen MR) is 130 cm³/mol. The third kappa shape index (κ3) is 5.20. The van der Waals surface area contributed by atoms with Crippen molar-refractivity contribution in [1.82, 2.24) is 14.8 Å². The first-order chi connectivity index (χ1) is 15.4. The van der Waals surface area contributed by atoms with Crippen LogP contribution in [0.15, 0.2) is 76.4 Å². The fourth-order valence-corrected chi connectivity index (χ4v) is 4.27. The molecule has 162 valence electrons. The van der Waals surface area contributed by atoms with Gasteiger partial charge in [0.25, 0.3) is 0 Å². The summed E-state index contributed by atoms with van der Waals surface area (Å²) in [4.78, 5) is 12.5. The van der Waals surface area contributed by atoms with Crippen LogP contribution in [0.4, 0.5) is 10.1 Å². The van der Waals surface area contributed by atoms with E-state index in [1.165, 1.54) is 23.9 Å². The molecule has 0 saturated heterocycles. The van der Waals surface area contributed by atoms with Crippen LogP contribution < -0.4 is 5.32 Å². The lowest BCUT2D eigenvalue weighted by molar-refractivity contribution is -0.113. The summed E-state index contributed by atoms with van der Waals surface area (Å²) in [6.07, 6.45) is 0. The number of nitrogens with zero attached hydrogens (tertiary/aromatic N) is 3. The molecule has 0 atom stereocenters. The van der Waals surface area contributed by atoms with Crippen LogP contribution in [0.25, 0.3) is 17.1 Å². The fourth-order valence-electron chi connectivity index (χ4n) is 3.06. The van der Waals surface area contributed by atoms with Gasteiger partial charge < -0.3 is 5.32 Å². The zero-order valence-electron chi connectivity index (χ0n) is 16.8. The Balaban J connectivity index is 1.60. The summed E-state index contributed by atoms with van der Waals surface area (Å²) in [5, 5.41) is 12.4. The van der Waals surface area contributed by atoms with Gasteiger partial charge in [0.15, 0.2) is 11.0 Å². The second kappa shape index (κ2) is 9.85. The Kier molecular flexibility index (Phi) is 6.93. The summed E-state index contributed by atoms with van der Waals surface area (Å²) in [5.74, 6) is -0.178. The van der Waals surface area contributed by atoms with Crippen molar-refractivity contribution in [3.8, 4) is 17.1 Å². The van der Waals surface area contributed by atoms with Gasteiger partial charge in [-0.05, 0) is 67.1 Å². The number of halogens is 3. The SMILES string of the molecule is Cc1cccc(-n2c(SCC(=O)Nc3ccc(Br)cc3F)nnc2-c2ccc(Cl)cc2)c1. The standard InChI is InChI=1S/C23H17BrClFN4OS/c1-14-3-2-4-18(11-14)30-22(15-5-8-17(25)9-6-15)28-29-23(30)32-13-21(31)27-20-10-7-16(24)12-19(20)26/h2-12H,13H2,1H3,(H,27,31). The van der Waals surface area contributed by atoms with E-state index in [0.29, 0.717) is 20.5 Å². The lowest BCUT2D eigenvalue weighted by atomic mass is 10.2. The minimum absolute atomic E-state index is 0.0417. The van der Waals surface area contributed by atoms with Crippen LogP contribution in [0.5, 0.6) is 0 Å². The average molecular weight is 532 g/mol. The first-order valence-corrected chi connectivity index (χ1v) is 11.7. The van der Waals surface area contributed by atoms with Crippen molar-refractivity contribution in [1.29, 1.82) is 0 Å². The Labute approximate surface area is 202 Å². The maximum absolute atomic E-state index is 14.0. The number of amides is 1. The van der Waals surface area contributed by atoms with E-state index in [2.05, 4.69) is 31.4 Å². The van der Waals surface area contributed by atoms with Crippen molar-refractivity contribution >= 4 is 50.9 Å². The van der Waals surface area contributed by atoms with Gasteiger partial charge in [-0.25, -0.2) is 4.39 Å². The van der Waals surface area contributed by atoms with E-state index in [1.54, 1.807) is 18.2 Å². The molecule has 0 bridgehead atoms. The van der Waals surface area contributed by atoms with E-state index in [1.807, 2.05) is 47.9 Å². The summed E-state index contributed by atoms with van der Waals surface area (Å²) < 4.78 is 16.5. The third-order valence-electron chi connectivity index (χ3n) is 4.53.